The lowest BCUT2D eigenvalue weighted by Gasteiger charge is -2.45. The van der Waals surface area contributed by atoms with E-state index in [1.807, 2.05) is 0 Å². The Morgan fingerprint density at radius 2 is 1.45 bits per heavy atom. The van der Waals surface area contributed by atoms with Crippen molar-refractivity contribution < 1.29 is 4.79 Å². The molecule has 1 aliphatic heterocycles. The van der Waals surface area contributed by atoms with Crippen LogP contribution in [0.4, 0.5) is 5.69 Å². The minimum atomic E-state index is 0.0376. The number of hydrogen-bond acceptors (Lipinski definition) is 2. The average Bonchev–Trinajstić information content (AvgIpc) is 2.80. The molecule has 2 nitrogen and oxygen atoms in total. The van der Waals surface area contributed by atoms with Gasteiger partial charge < -0.3 is 4.90 Å². The summed E-state index contributed by atoms with van der Waals surface area (Å²) in [5, 5.41) is 0. The van der Waals surface area contributed by atoms with Gasteiger partial charge in [-0.1, -0.05) is 72.8 Å². The Morgan fingerprint density at radius 1 is 0.759 bits per heavy atom. The van der Waals surface area contributed by atoms with E-state index in [9.17, 15) is 4.79 Å². The van der Waals surface area contributed by atoms with Crippen LogP contribution >= 0.6 is 0 Å². The second-order valence-electron chi connectivity index (χ2n) is 8.38. The van der Waals surface area contributed by atoms with Gasteiger partial charge in [-0.15, -0.1) is 0 Å². The lowest BCUT2D eigenvalue weighted by Crippen LogP contribution is -2.43. The smallest absolute Gasteiger partial charge is 0.138 e. The van der Waals surface area contributed by atoms with Crippen molar-refractivity contribution in [1.29, 1.82) is 0 Å². The molecule has 0 aromatic heterocycles. The summed E-state index contributed by atoms with van der Waals surface area (Å²) in [4.78, 5) is 15.7. The Bertz CT molecular complexity index is 982. The number of carbonyl (C=O) groups is 1. The van der Waals surface area contributed by atoms with E-state index in [1.54, 1.807) is 0 Å². The van der Waals surface area contributed by atoms with Crippen LogP contribution in [-0.2, 0) is 11.2 Å². The molecule has 2 heteroatoms. The van der Waals surface area contributed by atoms with Crippen molar-refractivity contribution >= 4 is 11.5 Å². The van der Waals surface area contributed by atoms with Gasteiger partial charge in [-0.25, -0.2) is 0 Å². The normalized spacial score (nSPS) is 24.2. The first-order valence-corrected chi connectivity index (χ1v) is 10.8. The average molecular weight is 382 g/mol. The zero-order chi connectivity index (χ0) is 19.6. The van der Waals surface area contributed by atoms with Gasteiger partial charge >= 0.3 is 0 Å². The Kier molecular flexibility index (Phi) is 4.93. The van der Waals surface area contributed by atoms with E-state index >= 15 is 0 Å². The standard InChI is InChI=1S/C27H27NO/c29-26-16-15-22(20-9-3-1-4-10-20)19-25(26)27-24-14-8-7-11-21(24)17-18-28(27)23-12-5-2-6-13-23/h1-14,22,25,27H,15-19H2/t22-,25-,27-/m1/s1. The van der Waals surface area contributed by atoms with Crippen LogP contribution < -0.4 is 4.90 Å². The zero-order valence-corrected chi connectivity index (χ0v) is 16.7. The van der Waals surface area contributed by atoms with Crippen molar-refractivity contribution in [2.45, 2.75) is 37.6 Å². The predicted molar refractivity (Wildman–Crippen MR) is 118 cm³/mol. The van der Waals surface area contributed by atoms with Crippen molar-refractivity contribution in [1.82, 2.24) is 0 Å². The van der Waals surface area contributed by atoms with E-state index in [0.717, 1.165) is 25.8 Å². The molecule has 3 atom stereocenters. The highest BCUT2D eigenvalue weighted by Gasteiger charge is 2.41. The number of para-hydroxylation sites is 1. The van der Waals surface area contributed by atoms with Crippen LogP contribution in [0.15, 0.2) is 84.9 Å². The van der Waals surface area contributed by atoms with Crippen molar-refractivity contribution in [3.8, 4) is 0 Å². The van der Waals surface area contributed by atoms with Gasteiger partial charge in [0.15, 0.2) is 0 Å². The van der Waals surface area contributed by atoms with Crippen LogP contribution in [0.25, 0.3) is 0 Å². The SMILES string of the molecule is O=C1CC[C@@H](c2ccccc2)C[C@H]1[C@H]1c2ccccc2CCN1c1ccccc1. The molecule has 0 radical (unpaired) electrons. The number of benzene rings is 3. The molecule has 146 valence electrons. The predicted octanol–water partition coefficient (Wildman–Crippen LogP) is 5.94. The molecule has 0 saturated heterocycles. The fourth-order valence-electron chi connectivity index (χ4n) is 5.33. The molecule has 3 aromatic rings. The van der Waals surface area contributed by atoms with Gasteiger partial charge in [0.1, 0.15) is 5.78 Å². The van der Waals surface area contributed by atoms with Crippen molar-refractivity contribution in [3.05, 3.63) is 102 Å². The highest BCUT2D eigenvalue weighted by atomic mass is 16.1. The molecular weight excluding hydrogens is 354 g/mol. The van der Waals surface area contributed by atoms with Crippen LogP contribution in [0.1, 0.15) is 47.9 Å². The molecule has 0 unspecified atom stereocenters. The summed E-state index contributed by atoms with van der Waals surface area (Å²) < 4.78 is 0. The Labute approximate surface area is 173 Å². The van der Waals surface area contributed by atoms with E-state index in [-0.39, 0.29) is 12.0 Å². The summed E-state index contributed by atoms with van der Waals surface area (Å²) >= 11 is 0. The molecule has 2 aliphatic rings. The molecule has 0 spiro atoms. The van der Waals surface area contributed by atoms with Gasteiger partial charge in [-0.3, -0.25) is 4.79 Å². The molecule has 3 aromatic carbocycles. The quantitative estimate of drug-likeness (QED) is 0.559. The summed E-state index contributed by atoms with van der Waals surface area (Å²) in [6.45, 7) is 0.964. The van der Waals surface area contributed by atoms with E-state index in [2.05, 4.69) is 89.8 Å². The lowest BCUT2D eigenvalue weighted by molar-refractivity contribution is -0.125. The summed E-state index contributed by atoms with van der Waals surface area (Å²) in [6, 6.07) is 30.3. The fourth-order valence-corrected chi connectivity index (χ4v) is 5.33. The minimum absolute atomic E-state index is 0.0376. The molecule has 1 heterocycles. The maximum Gasteiger partial charge on any atom is 0.138 e. The molecule has 5 rings (SSSR count). The van der Waals surface area contributed by atoms with Gasteiger partial charge in [0.05, 0.1) is 6.04 Å². The number of Topliss-reactive ketones (excluding diaryl/α,β-unsaturated/α-hetero) is 1. The van der Waals surface area contributed by atoms with E-state index < -0.39 is 0 Å². The molecule has 1 saturated carbocycles. The van der Waals surface area contributed by atoms with Crippen LogP contribution in [-0.4, -0.2) is 12.3 Å². The lowest BCUT2D eigenvalue weighted by atomic mass is 9.71. The third kappa shape index (κ3) is 3.48. The number of nitrogens with zero attached hydrogens (tertiary/aromatic N) is 1. The van der Waals surface area contributed by atoms with Gasteiger partial charge in [-0.2, -0.15) is 0 Å². The molecule has 0 amide bonds. The molecular formula is C27H27NO. The van der Waals surface area contributed by atoms with Gasteiger partial charge in [0, 0.05) is 24.6 Å². The second-order valence-corrected chi connectivity index (χ2v) is 8.38. The first-order valence-electron chi connectivity index (χ1n) is 10.8. The maximum absolute atomic E-state index is 13.2. The topological polar surface area (TPSA) is 20.3 Å². The van der Waals surface area contributed by atoms with Crippen LogP contribution in [0.2, 0.25) is 0 Å². The fraction of sp³-hybridized carbons (Fsp3) is 0.296. The third-order valence-electron chi connectivity index (χ3n) is 6.76. The van der Waals surface area contributed by atoms with Crippen molar-refractivity contribution in [2.24, 2.45) is 5.92 Å². The summed E-state index contributed by atoms with van der Waals surface area (Å²) in [5.41, 5.74) is 5.34. The number of fused-ring (bicyclic) bond motifs is 1. The number of carbonyl (C=O) groups excluding carboxylic acids is 1. The molecule has 1 aliphatic carbocycles. The number of ketones is 1. The van der Waals surface area contributed by atoms with E-state index in [1.165, 1.54) is 22.4 Å². The monoisotopic (exact) mass is 381 g/mol. The Balaban J connectivity index is 1.55. The highest BCUT2D eigenvalue weighted by molar-refractivity contribution is 5.84. The molecule has 29 heavy (non-hydrogen) atoms. The number of anilines is 1. The van der Waals surface area contributed by atoms with Crippen LogP contribution in [0.5, 0.6) is 0 Å². The van der Waals surface area contributed by atoms with Crippen LogP contribution in [0.3, 0.4) is 0 Å². The van der Waals surface area contributed by atoms with Gasteiger partial charge in [-0.05, 0) is 54.0 Å². The summed E-state index contributed by atoms with van der Waals surface area (Å²) in [7, 11) is 0. The zero-order valence-electron chi connectivity index (χ0n) is 16.7. The maximum atomic E-state index is 13.2. The number of rotatable bonds is 3. The second kappa shape index (κ2) is 7.87. The molecule has 0 N–H and O–H groups in total. The van der Waals surface area contributed by atoms with E-state index in [4.69, 9.17) is 0 Å². The number of hydrogen-bond donors (Lipinski definition) is 0. The van der Waals surface area contributed by atoms with Crippen molar-refractivity contribution in [3.63, 3.8) is 0 Å². The summed E-state index contributed by atoms with van der Waals surface area (Å²) in [6.07, 6.45) is 3.63. The minimum Gasteiger partial charge on any atom is -0.363 e. The van der Waals surface area contributed by atoms with Crippen molar-refractivity contribution in [2.75, 3.05) is 11.4 Å². The highest BCUT2D eigenvalue weighted by Crippen LogP contribution is 2.46. The van der Waals surface area contributed by atoms with Gasteiger partial charge in [0.2, 0.25) is 0 Å². The molecule has 1 fully saturated rings. The third-order valence-corrected chi connectivity index (χ3v) is 6.76. The Hall–Kier alpha value is -2.87. The summed E-state index contributed by atoms with van der Waals surface area (Å²) in [5.74, 6) is 0.932. The molecule has 0 bridgehead atoms. The largest absolute Gasteiger partial charge is 0.363 e. The van der Waals surface area contributed by atoms with E-state index in [0.29, 0.717) is 18.1 Å². The van der Waals surface area contributed by atoms with Crippen LogP contribution in [0, 0.1) is 5.92 Å². The van der Waals surface area contributed by atoms with Gasteiger partial charge in [0.25, 0.3) is 0 Å². The first-order chi connectivity index (χ1) is 14.3. The Morgan fingerprint density at radius 3 is 2.24 bits per heavy atom. The first kappa shape index (κ1) is 18.2.